The minimum atomic E-state index is -0.706. The van der Waals surface area contributed by atoms with Gasteiger partial charge in [-0.05, 0) is 25.6 Å². The second-order valence-electron chi connectivity index (χ2n) is 4.09. The smallest absolute Gasteiger partial charge is 0.282 e. The lowest BCUT2D eigenvalue weighted by atomic mass is 10.1. The molecule has 0 heterocycles. The van der Waals surface area contributed by atoms with Crippen molar-refractivity contribution in [2.45, 2.75) is 19.9 Å². The number of rotatable bonds is 6. The summed E-state index contributed by atoms with van der Waals surface area (Å²) in [6.45, 7) is 4.84. The van der Waals surface area contributed by atoms with Gasteiger partial charge in [-0.15, -0.1) is 0 Å². The fraction of sp³-hybridized carbons (Fsp3) is 0.417. The number of hydrogen-bond donors (Lipinski definition) is 2. The first-order valence-corrected chi connectivity index (χ1v) is 5.91. The number of nitrogens with zero attached hydrogens (tertiary/aromatic N) is 1. The molecule has 7 heteroatoms. The summed E-state index contributed by atoms with van der Waals surface area (Å²) in [7, 11) is 0. The molecule has 0 bridgehead atoms. The van der Waals surface area contributed by atoms with E-state index in [0.29, 0.717) is 6.54 Å². The SMILES string of the molecule is CCN[C@H](C)CNC(=O)c1cc(F)ccc1[N+](=O)[O-]. The first-order chi connectivity index (χ1) is 8.95. The van der Waals surface area contributed by atoms with Crippen molar-refractivity contribution >= 4 is 11.6 Å². The number of nitro benzene ring substituents is 1. The summed E-state index contributed by atoms with van der Waals surface area (Å²) in [6.07, 6.45) is 0. The second-order valence-corrected chi connectivity index (χ2v) is 4.09. The van der Waals surface area contributed by atoms with Crippen LogP contribution in [-0.4, -0.2) is 30.0 Å². The number of nitrogens with one attached hydrogen (secondary N) is 2. The third-order valence-electron chi connectivity index (χ3n) is 2.52. The number of amides is 1. The van der Waals surface area contributed by atoms with E-state index >= 15 is 0 Å². The van der Waals surface area contributed by atoms with Gasteiger partial charge in [-0.2, -0.15) is 0 Å². The standard InChI is InChI=1S/C12H16FN3O3/c1-3-14-8(2)7-15-12(17)10-6-9(13)4-5-11(10)16(18)19/h4-6,8,14H,3,7H2,1-2H3,(H,15,17)/t8-/m1/s1. The second kappa shape index (κ2) is 6.79. The Morgan fingerprint density at radius 2 is 2.21 bits per heavy atom. The van der Waals surface area contributed by atoms with E-state index in [1.54, 1.807) is 0 Å². The monoisotopic (exact) mass is 269 g/mol. The molecular formula is C12H16FN3O3. The Kier molecular flexibility index (Phi) is 5.37. The summed E-state index contributed by atoms with van der Waals surface area (Å²) in [5.74, 6) is -1.34. The summed E-state index contributed by atoms with van der Waals surface area (Å²) in [4.78, 5) is 21.9. The van der Waals surface area contributed by atoms with Gasteiger partial charge in [0.15, 0.2) is 0 Å². The van der Waals surface area contributed by atoms with Crippen molar-refractivity contribution in [3.05, 3.63) is 39.7 Å². The van der Waals surface area contributed by atoms with Gasteiger partial charge in [-0.1, -0.05) is 6.92 Å². The fourth-order valence-corrected chi connectivity index (χ4v) is 1.61. The van der Waals surface area contributed by atoms with Gasteiger partial charge in [0, 0.05) is 18.7 Å². The molecule has 0 fully saturated rings. The van der Waals surface area contributed by atoms with Crippen molar-refractivity contribution in [1.82, 2.24) is 10.6 Å². The molecule has 2 N–H and O–H groups in total. The van der Waals surface area contributed by atoms with E-state index in [9.17, 15) is 19.3 Å². The van der Waals surface area contributed by atoms with Gasteiger partial charge < -0.3 is 10.6 Å². The van der Waals surface area contributed by atoms with Gasteiger partial charge in [-0.3, -0.25) is 14.9 Å². The molecule has 19 heavy (non-hydrogen) atoms. The predicted molar refractivity (Wildman–Crippen MR) is 68.5 cm³/mol. The molecule has 1 aromatic carbocycles. The highest BCUT2D eigenvalue weighted by atomic mass is 19.1. The highest BCUT2D eigenvalue weighted by Gasteiger charge is 2.20. The van der Waals surface area contributed by atoms with E-state index in [0.717, 1.165) is 24.7 Å². The zero-order chi connectivity index (χ0) is 14.4. The van der Waals surface area contributed by atoms with Gasteiger partial charge in [-0.25, -0.2) is 4.39 Å². The van der Waals surface area contributed by atoms with Crippen LogP contribution in [-0.2, 0) is 0 Å². The fourth-order valence-electron chi connectivity index (χ4n) is 1.61. The maximum atomic E-state index is 13.1. The van der Waals surface area contributed by atoms with Gasteiger partial charge in [0.05, 0.1) is 4.92 Å². The van der Waals surface area contributed by atoms with Gasteiger partial charge >= 0.3 is 0 Å². The van der Waals surface area contributed by atoms with Crippen molar-refractivity contribution < 1.29 is 14.1 Å². The number of benzene rings is 1. The lowest BCUT2D eigenvalue weighted by molar-refractivity contribution is -0.385. The minimum absolute atomic E-state index is 0.0292. The summed E-state index contributed by atoms with van der Waals surface area (Å²) in [5, 5.41) is 16.4. The molecule has 0 saturated carbocycles. The Balaban J connectivity index is 2.81. The third-order valence-corrected chi connectivity index (χ3v) is 2.52. The van der Waals surface area contributed by atoms with E-state index in [2.05, 4.69) is 10.6 Å². The Morgan fingerprint density at radius 3 is 2.79 bits per heavy atom. The van der Waals surface area contributed by atoms with Crippen LogP contribution in [0.5, 0.6) is 0 Å². The van der Waals surface area contributed by atoms with Crippen LogP contribution in [0.1, 0.15) is 24.2 Å². The van der Waals surface area contributed by atoms with Crippen LogP contribution in [0.25, 0.3) is 0 Å². The van der Waals surface area contributed by atoms with Gasteiger partial charge in [0.25, 0.3) is 11.6 Å². The van der Waals surface area contributed by atoms with E-state index in [1.807, 2.05) is 13.8 Å². The molecular weight excluding hydrogens is 253 g/mol. The number of hydrogen-bond acceptors (Lipinski definition) is 4. The van der Waals surface area contributed by atoms with Crippen molar-refractivity contribution in [2.24, 2.45) is 0 Å². The van der Waals surface area contributed by atoms with E-state index < -0.39 is 22.3 Å². The maximum absolute atomic E-state index is 13.1. The Bertz CT molecular complexity index is 479. The topological polar surface area (TPSA) is 84.3 Å². The van der Waals surface area contributed by atoms with E-state index in [1.165, 1.54) is 0 Å². The molecule has 0 aliphatic heterocycles. The van der Waals surface area contributed by atoms with Crippen LogP contribution in [0.4, 0.5) is 10.1 Å². The molecule has 0 aliphatic carbocycles. The molecule has 0 radical (unpaired) electrons. The largest absolute Gasteiger partial charge is 0.350 e. The maximum Gasteiger partial charge on any atom is 0.282 e. The lowest BCUT2D eigenvalue weighted by Gasteiger charge is -2.13. The van der Waals surface area contributed by atoms with Crippen molar-refractivity contribution in [3.8, 4) is 0 Å². The number of halogens is 1. The first kappa shape index (κ1) is 15.0. The average Bonchev–Trinajstić information content (AvgIpc) is 2.35. The first-order valence-electron chi connectivity index (χ1n) is 5.91. The molecule has 1 atom stereocenters. The predicted octanol–water partition coefficient (Wildman–Crippen LogP) is 1.46. The van der Waals surface area contributed by atoms with Crippen LogP contribution >= 0.6 is 0 Å². The summed E-state index contributed by atoms with van der Waals surface area (Å²) < 4.78 is 13.1. The van der Waals surface area contributed by atoms with Crippen LogP contribution in [0, 0.1) is 15.9 Å². The molecule has 104 valence electrons. The van der Waals surface area contributed by atoms with E-state index in [-0.39, 0.29) is 11.6 Å². The van der Waals surface area contributed by atoms with E-state index in [4.69, 9.17) is 0 Å². The van der Waals surface area contributed by atoms with Crippen LogP contribution in [0.3, 0.4) is 0 Å². The quantitative estimate of drug-likeness (QED) is 0.605. The Morgan fingerprint density at radius 1 is 1.53 bits per heavy atom. The molecule has 0 unspecified atom stereocenters. The normalized spacial score (nSPS) is 11.9. The van der Waals surface area contributed by atoms with Crippen molar-refractivity contribution in [2.75, 3.05) is 13.1 Å². The third kappa shape index (κ3) is 4.29. The lowest BCUT2D eigenvalue weighted by Crippen LogP contribution is -2.39. The Labute approximate surface area is 110 Å². The van der Waals surface area contributed by atoms with Crippen LogP contribution in [0.15, 0.2) is 18.2 Å². The number of carbonyl (C=O) groups is 1. The van der Waals surface area contributed by atoms with Crippen LogP contribution in [0.2, 0.25) is 0 Å². The molecule has 0 aliphatic rings. The van der Waals surface area contributed by atoms with Crippen molar-refractivity contribution in [1.29, 1.82) is 0 Å². The summed E-state index contributed by atoms with van der Waals surface area (Å²) in [5.41, 5.74) is -0.677. The van der Waals surface area contributed by atoms with Gasteiger partial charge in [0.1, 0.15) is 11.4 Å². The zero-order valence-electron chi connectivity index (χ0n) is 10.8. The number of likely N-dealkylation sites (N-methyl/N-ethyl adjacent to an activating group) is 1. The molecule has 0 saturated heterocycles. The molecule has 0 spiro atoms. The highest BCUT2D eigenvalue weighted by Crippen LogP contribution is 2.19. The summed E-state index contributed by atoms with van der Waals surface area (Å²) >= 11 is 0. The molecule has 0 aromatic heterocycles. The number of nitro groups is 1. The number of carbonyl (C=O) groups excluding carboxylic acids is 1. The Hall–Kier alpha value is -2.02. The minimum Gasteiger partial charge on any atom is -0.350 e. The van der Waals surface area contributed by atoms with Gasteiger partial charge in [0.2, 0.25) is 0 Å². The highest BCUT2D eigenvalue weighted by molar-refractivity contribution is 5.98. The average molecular weight is 269 g/mol. The summed E-state index contributed by atoms with van der Waals surface area (Å²) in [6, 6.07) is 2.83. The zero-order valence-corrected chi connectivity index (χ0v) is 10.8. The molecule has 6 nitrogen and oxygen atoms in total. The molecule has 1 rings (SSSR count). The van der Waals surface area contributed by atoms with Crippen molar-refractivity contribution in [3.63, 3.8) is 0 Å². The molecule has 1 amide bonds. The molecule has 1 aromatic rings. The van der Waals surface area contributed by atoms with Crippen LogP contribution < -0.4 is 10.6 Å².